The van der Waals surface area contributed by atoms with E-state index in [4.69, 9.17) is 4.74 Å². The van der Waals surface area contributed by atoms with Gasteiger partial charge in [-0.15, -0.1) is 0 Å². The topological polar surface area (TPSA) is 95.9 Å². The average Bonchev–Trinajstić information content (AvgIpc) is 3.46. The fraction of sp³-hybridized carbons (Fsp3) is 0.865. The minimum absolute atomic E-state index is 0.000758. The van der Waals surface area contributed by atoms with Gasteiger partial charge in [-0.3, -0.25) is 9.59 Å². The van der Waals surface area contributed by atoms with Crippen LogP contribution in [-0.4, -0.2) is 47.4 Å². The summed E-state index contributed by atoms with van der Waals surface area (Å²) in [7, 11) is 0. The van der Waals surface area contributed by atoms with E-state index in [0.29, 0.717) is 19.4 Å². The Hall–Kier alpha value is -2.18. The van der Waals surface area contributed by atoms with Crippen LogP contribution in [0.15, 0.2) is 48.6 Å². The molecule has 0 aliphatic rings. The van der Waals surface area contributed by atoms with Crippen molar-refractivity contribution in [1.29, 1.82) is 0 Å². The maximum atomic E-state index is 12.5. The lowest BCUT2D eigenvalue weighted by Crippen LogP contribution is -2.45. The zero-order valence-electron chi connectivity index (χ0n) is 53.8. The van der Waals surface area contributed by atoms with Gasteiger partial charge in [-0.25, -0.2) is 0 Å². The Kier molecular flexibility index (Phi) is 67.4. The maximum absolute atomic E-state index is 12.5. The summed E-state index contributed by atoms with van der Waals surface area (Å²) in [6.45, 7) is 4.90. The number of aliphatic hydroxyl groups is 2. The number of esters is 1. The molecule has 3 N–H and O–H groups in total. The van der Waals surface area contributed by atoms with Gasteiger partial charge in [-0.05, 0) is 89.9 Å². The quantitative estimate of drug-likeness (QED) is 0.0320. The number of hydrogen-bond acceptors (Lipinski definition) is 5. The molecule has 0 radical (unpaired) electrons. The molecule has 0 aliphatic heterocycles. The molecule has 0 rings (SSSR count). The first kappa shape index (κ1) is 77.8. The van der Waals surface area contributed by atoms with Crippen LogP contribution in [0, 0.1) is 0 Å². The van der Waals surface area contributed by atoms with E-state index in [0.717, 1.165) is 51.4 Å². The van der Waals surface area contributed by atoms with Gasteiger partial charge in [-0.1, -0.05) is 332 Å². The van der Waals surface area contributed by atoms with Gasteiger partial charge in [0, 0.05) is 12.8 Å². The van der Waals surface area contributed by atoms with Crippen molar-refractivity contribution in [3.63, 3.8) is 0 Å². The number of carbonyl (C=O) groups is 2. The van der Waals surface area contributed by atoms with E-state index in [1.807, 2.05) is 6.08 Å². The number of rotatable bonds is 67. The third-order valence-electron chi connectivity index (χ3n) is 16.6. The summed E-state index contributed by atoms with van der Waals surface area (Å²) in [4.78, 5) is 24.6. The first-order valence-corrected chi connectivity index (χ1v) is 35.9. The van der Waals surface area contributed by atoms with Crippen LogP contribution in [0.3, 0.4) is 0 Å². The molecule has 0 aliphatic carbocycles. The molecule has 6 nitrogen and oxygen atoms in total. The van der Waals surface area contributed by atoms with Gasteiger partial charge in [0.15, 0.2) is 0 Å². The van der Waals surface area contributed by atoms with Crippen molar-refractivity contribution in [1.82, 2.24) is 5.32 Å². The van der Waals surface area contributed by atoms with Gasteiger partial charge in [-0.2, -0.15) is 0 Å². The molecule has 0 aromatic heterocycles. The van der Waals surface area contributed by atoms with Gasteiger partial charge in [0.2, 0.25) is 5.91 Å². The lowest BCUT2D eigenvalue weighted by molar-refractivity contribution is -0.143. The lowest BCUT2D eigenvalue weighted by Gasteiger charge is -2.20. The molecular weight excluding hydrogens is 983 g/mol. The summed E-state index contributed by atoms with van der Waals surface area (Å²) in [5.74, 6) is -0.0685. The molecule has 470 valence electrons. The number of hydrogen-bond donors (Lipinski definition) is 3. The van der Waals surface area contributed by atoms with Gasteiger partial charge in [0.05, 0.1) is 25.4 Å². The Morgan fingerprint density at radius 3 is 0.988 bits per heavy atom. The Morgan fingerprint density at radius 2 is 0.625 bits per heavy atom. The van der Waals surface area contributed by atoms with Gasteiger partial charge < -0.3 is 20.3 Å². The Balaban J connectivity index is 3.43. The van der Waals surface area contributed by atoms with Crippen LogP contribution < -0.4 is 5.32 Å². The highest BCUT2D eigenvalue weighted by atomic mass is 16.5. The highest BCUT2D eigenvalue weighted by molar-refractivity contribution is 5.76. The van der Waals surface area contributed by atoms with E-state index in [9.17, 15) is 19.8 Å². The monoisotopic (exact) mass is 1120 g/mol. The fourth-order valence-corrected chi connectivity index (χ4v) is 11.1. The van der Waals surface area contributed by atoms with Crippen LogP contribution in [0.2, 0.25) is 0 Å². The van der Waals surface area contributed by atoms with E-state index in [-0.39, 0.29) is 18.5 Å². The Bertz CT molecular complexity index is 1340. The number of amides is 1. The second kappa shape index (κ2) is 69.3. The average molecular weight is 1120 g/mol. The Labute approximate surface area is 499 Å². The van der Waals surface area contributed by atoms with Crippen molar-refractivity contribution < 1.29 is 24.5 Å². The van der Waals surface area contributed by atoms with Crippen LogP contribution in [0.1, 0.15) is 386 Å². The number of nitrogens with one attached hydrogen (secondary N) is 1. The van der Waals surface area contributed by atoms with E-state index in [1.54, 1.807) is 6.08 Å². The molecular formula is C74H139NO5. The van der Waals surface area contributed by atoms with Crippen molar-refractivity contribution in [2.75, 3.05) is 13.2 Å². The van der Waals surface area contributed by atoms with Crippen molar-refractivity contribution in [3.8, 4) is 0 Å². The van der Waals surface area contributed by atoms with Crippen molar-refractivity contribution >= 4 is 11.9 Å². The van der Waals surface area contributed by atoms with Crippen molar-refractivity contribution in [2.24, 2.45) is 0 Å². The Morgan fingerprint density at radius 1 is 0.350 bits per heavy atom. The SMILES string of the molecule is CCCCC/C=C\C/C=C\CCCCCCCC(=O)OCCCCCCCCCCCCCC/C=C\CCCCCCCCCCCC(=O)NC(CO)C(O)/C=C/CCCCCCCCCCCCCCCCCCCCCCC. The smallest absolute Gasteiger partial charge is 0.305 e. The third kappa shape index (κ3) is 65.0. The van der Waals surface area contributed by atoms with Crippen LogP contribution in [-0.2, 0) is 14.3 Å². The summed E-state index contributed by atoms with van der Waals surface area (Å²) in [6, 6.07) is -0.632. The first-order valence-electron chi connectivity index (χ1n) is 35.9. The van der Waals surface area contributed by atoms with E-state index in [1.165, 1.54) is 308 Å². The minimum atomic E-state index is -0.849. The second-order valence-corrected chi connectivity index (χ2v) is 24.6. The predicted octanol–water partition coefficient (Wildman–Crippen LogP) is 23.3. The third-order valence-corrected chi connectivity index (χ3v) is 16.6. The summed E-state index contributed by atoms with van der Waals surface area (Å²) >= 11 is 0. The molecule has 0 heterocycles. The molecule has 80 heavy (non-hydrogen) atoms. The number of ether oxygens (including phenoxy) is 1. The molecule has 2 atom stereocenters. The zero-order chi connectivity index (χ0) is 57.8. The van der Waals surface area contributed by atoms with Crippen LogP contribution in [0.25, 0.3) is 0 Å². The number of aliphatic hydroxyl groups excluding tert-OH is 2. The van der Waals surface area contributed by atoms with Crippen molar-refractivity contribution in [2.45, 2.75) is 398 Å². The van der Waals surface area contributed by atoms with Crippen LogP contribution in [0.4, 0.5) is 0 Å². The standard InChI is InChI=1S/C74H139NO5/c1-3-5-7-9-11-13-15-17-19-20-21-22-26-29-32-35-39-42-46-50-54-58-62-66-72(77)71(70-76)75-73(78)67-63-59-55-51-47-43-40-36-33-30-27-24-23-25-28-31-34-37-41-45-49-53-57-61-65-69-80-74(79)68-64-60-56-52-48-44-38-18-16-14-12-10-8-6-4-2/h12,14,18,24,27,38,62,66,71-72,76-77H,3-11,13,15-17,19-23,25-26,28-37,39-61,63-65,67-70H2,1-2H3,(H,75,78)/b14-12-,27-24-,38-18-,66-62+. The molecule has 2 unspecified atom stereocenters. The molecule has 0 spiro atoms. The minimum Gasteiger partial charge on any atom is -0.466 e. The van der Waals surface area contributed by atoms with Crippen LogP contribution in [0.5, 0.6) is 0 Å². The molecule has 0 bridgehead atoms. The lowest BCUT2D eigenvalue weighted by atomic mass is 10.0. The van der Waals surface area contributed by atoms with E-state index >= 15 is 0 Å². The molecule has 0 saturated heterocycles. The highest BCUT2D eigenvalue weighted by Crippen LogP contribution is 2.18. The number of unbranched alkanes of at least 4 members (excludes halogenated alkanes) is 50. The van der Waals surface area contributed by atoms with Gasteiger partial charge >= 0.3 is 5.97 Å². The highest BCUT2D eigenvalue weighted by Gasteiger charge is 2.18. The zero-order valence-corrected chi connectivity index (χ0v) is 53.8. The van der Waals surface area contributed by atoms with E-state index < -0.39 is 12.1 Å². The second-order valence-electron chi connectivity index (χ2n) is 24.6. The summed E-state index contributed by atoms with van der Waals surface area (Å²) < 4.78 is 5.48. The summed E-state index contributed by atoms with van der Waals surface area (Å²) in [5, 5.41) is 23.3. The molecule has 0 aromatic carbocycles. The molecule has 0 saturated carbocycles. The summed E-state index contributed by atoms with van der Waals surface area (Å²) in [6.07, 6.45) is 90.4. The molecule has 0 aromatic rings. The summed E-state index contributed by atoms with van der Waals surface area (Å²) in [5.41, 5.74) is 0. The number of carbonyl (C=O) groups excluding carboxylic acids is 2. The molecule has 6 heteroatoms. The number of allylic oxidation sites excluding steroid dienone is 7. The van der Waals surface area contributed by atoms with E-state index in [2.05, 4.69) is 55.6 Å². The molecule has 1 amide bonds. The van der Waals surface area contributed by atoms with Gasteiger partial charge in [0.25, 0.3) is 0 Å². The van der Waals surface area contributed by atoms with Crippen molar-refractivity contribution in [3.05, 3.63) is 48.6 Å². The normalized spacial score (nSPS) is 12.8. The molecule has 0 fully saturated rings. The fourth-order valence-electron chi connectivity index (χ4n) is 11.1. The largest absolute Gasteiger partial charge is 0.466 e. The predicted molar refractivity (Wildman–Crippen MR) is 352 cm³/mol. The van der Waals surface area contributed by atoms with Gasteiger partial charge in [0.1, 0.15) is 0 Å². The van der Waals surface area contributed by atoms with Crippen LogP contribution >= 0.6 is 0 Å². The maximum Gasteiger partial charge on any atom is 0.305 e. The first-order chi connectivity index (χ1) is 39.5.